The number of para-hydroxylation sites is 1. The molecule has 0 saturated carbocycles. The van der Waals surface area contributed by atoms with E-state index in [2.05, 4.69) is 36.0 Å². The third-order valence-corrected chi connectivity index (χ3v) is 7.65. The Balaban J connectivity index is 1.56. The highest BCUT2D eigenvalue weighted by atomic mass is 28.3. The number of aromatic nitrogens is 2. The monoisotopic (exact) mass is 564 g/mol. The molecule has 0 atom stereocenters. The molecule has 0 bridgehead atoms. The van der Waals surface area contributed by atoms with E-state index in [1.165, 1.54) is 12.3 Å². The van der Waals surface area contributed by atoms with Crippen LogP contribution >= 0.6 is 0 Å². The predicted octanol–water partition coefficient (Wildman–Crippen LogP) is 7.49. The first-order valence-electron chi connectivity index (χ1n) is 12.8. The maximum atomic E-state index is 15.0. The lowest BCUT2D eigenvalue weighted by Gasteiger charge is -2.15. The minimum Gasteiger partial charge on any atom is -0.450 e. The van der Waals surface area contributed by atoms with Crippen LogP contribution < -0.4 is 14.8 Å². The van der Waals surface area contributed by atoms with Crippen molar-refractivity contribution >= 4 is 30.9 Å². The molecule has 0 aliphatic rings. The average molecular weight is 565 g/mol. The number of carbonyl (C=O) groups excluding carboxylic acids is 1. The number of rotatable bonds is 11. The van der Waals surface area contributed by atoms with Crippen LogP contribution in [0.5, 0.6) is 17.2 Å². The minimum atomic E-state index is -1.26. The molecule has 8 nitrogen and oxygen atoms in total. The highest BCUT2D eigenvalue weighted by molar-refractivity contribution is 6.76. The topological polar surface area (TPSA) is 98.4 Å². The van der Waals surface area contributed by atoms with Crippen molar-refractivity contribution in [2.45, 2.75) is 45.3 Å². The number of pyridine rings is 1. The summed E-state index contributed by atoms with van der Waals surface area (Å²) in [5, 5.41) is 12.0. The summed E-state index contributed by atoms with van der Waals surface area (Å²) in [6.45, 7) is 7.65. The van der Waals surface area contributed by atoms with Gasteiger partial charge in [0.2, 0.25) is 0 Å². The van der Waals surface area contributed by atoms with Gasteiger partial charge in [-0.3, -0.25) is 5.32 Å². The van der Waals surface area contributed by atoms with Crippen molar-refractivity contribution in [3.63, 3.8) is 0 Å². The molecule has 40 heavy (non-hydrogen) atoms. The van der Waals surface area contributed by atoms with Gasteiger partial charge in [-0.2, -0.15) is 5.26 Å². The largest absolute Gasteiger partial charge is 0.450 e. The molecular weight excluding hydrogens is 534 g/mol. The van der Waals surface area contributed by atoms with Gasteiger partial charge in [0.05, 0.1) is 17.1 Å². The number of nitriles is 1. The molecule has 2 aromatic heterocycles. The number of benzene rings is 2. The van der Waals surface area contributed by atoms with Crippen molar-refractivity contribution in [1.29, 1.82) is 5.26 Å². The van der Waals surface area contributed by atoms with E-state index in [9.17, 15) is 4.79 Å². The Morgan fingerprint density at radius 2 is 1.85 bits per heavy atom. The summed E-state index contributed by atoms with van der Waals surface area (Å²) in [7, 11) is -1.26. The van der Waals surface area contributed by atoms with E-state index in [-0.39, 0.29) is 30.3 Å². The van der Waals surface area contributed by atoms with E-state index in [4.69, 9.17) is 19.5 Å². The fourth-order valence-electron chi connectivity index (χ4n) is 3.95. The molecule has 11 heteroatoms. The highest BCUT2D eigenvalue weighted by Crippen LogP contribution is 2.36. The molecule has 0 saturated heterocycles. The Bertz CT molecular complexity index is 1510. The van der Waals surface area contributed by atoms with E-state index < -0.39 is 31.6 Å². The van der Waals surface area contributed by atoms with Crippen molar-refractivity contribution in [1.82, 2.24) is 9.55 Å². The molecule has 0 radical (unpaired) electrons. The first-order chi connectivity index (χ1) is 19.1. The molecular formula is C29H30F2N4O4Si. The number of hydrogen-bond donors (Lipinski definition) is 1. The van der Waals surface area contributed by atoms with E-state index in [1.807, 2.05) is 6.20 Å². The van der Waals surface area contributed by atoms with Crippen LogP contribution in [0.25, 0.3) is 11.0 Å². The number of fused-ring (bicyclic) bond motifs is 1. The summed E-state index contributed by atoms with van der Waals surface area (Å²) in [5.41, 5.74) is 1.12. The molecule has 2 heterocycles. The Labute approximate surface area is 232 Å². The van der Waals surface area contributed by atoms with Crippen LogP contribution in [0.15, 0.2) is 60.9 Å². The minimum absolute atomic E-state index is 0.139. The molecule has 0 fully saturated rings. The number of aryl methyl sites for hydroxylation is 1. The van der Waals surface area contributed by atoms with Crippen molar-refractivity contribution in [3.05, 3.63) is 78.1 Å². The Hall–Kier alpha value is -4.27. The molecule has 1 amide bonds. The summed E-state index contributed by atoms with van der Waals surface area (Å²) in [5.74, 6) is -2.22. The second-order valence-electron chi connectivity index (χ2n) is 10.3. The number of amides is 1. The number of anilines is 1. The number of halogens is 2. The van der Waals surface area contributed by atoms with E-state index in [0.717, 1.165) is 23.7 Å². The predicted molar refractivity (Wildman–Crippen MR) is 150 cm³/mol. The van der Waals surface area contributed by atoms with Gasteiger partial charge in [0, 0.05) is 45.6 Å². The zero-order chi connectivity index (χ0) is 28.7. The van der Waals surface area contributed by atoms with Crippen molar-refractivity contribution < 1.29 is 27.8 Å². The Kier molecular flexibility index (Phi) is 9.14. The Morgan fingerprint density at radius 3 is 2.52 bits per heavy atom. The van der Waals surface area contributed by atoms with Gasteiger partial charge in [-0.15, -0.1) is 0 Å². The lowest BCUT2D eigenvalue weighted by atomic mass is 10.1. The fraction of sp³-hybridized carbons (Fsp3) is 0.276. The van der Waals surface area contributed by atoms with Crippen molar-refractivity contribution in [2.24, 2.45) is 0 Å². The molecule has 0 aliphatic heterocycles. The second-order valence-corrected chi connectivity index (χ2v) is 16.0. The van der Waals surface area contributed by atoms with Gasteiger partial charge in [-0.25, -0.2) is 18.6 Å². The third-order valence-electron chi connectivity index (χ3n) is 5.94. The maximum absolute atomic E-state index is 15.0. The summed E-state index contributed by atoms with van der Waals surface area (Å²) in [6, 6.07) is 14.8. The van der Waals surface area contributed by atoms with Crippen LogP contribution in [0.2, 0.25) is 25.7 Å². The van der Waals surface area contributed by atoms with Crippen LogP contribution in [0.1, 0.15) is 12.0 Å². The highest BCUT2D eigenvalue weighted by Gasteiger charge is 2.20. The number of carbonyl (C=O) groups is 1. The summed E-state index contributed by atoms with van der Waals surface area (Å²) < 4.78 is 48.6. The van der Waals surface area contributed by atoms with Crippen molar-refractivity contribution in [2.75, 3.05) is 11.9 Å². The zero-order valence-corrected chi connectivity index (χ0v) is 23.5. The van der Waals surface area contributed by atoms with E-state index in [0.29, 0.717) is 24.1 Å². The molecule has 0 spiro atoms. The molecule has 2 aromatic carbocycles. The maximum Gasteiger partial charge on any atom is 0.417 e. The van der Waals surface area contributed by atoms with E-state index >= 15 is 8.78 Å². The number of nitrogens with one attached hydrogen (secondary N) is 1. The molecule has 1 N–H and O–H groups in total. The summed E-state index contributed by atoms with van der Waals surface area (Å²) >= 11 is 0. The fourth-order valence-corrected chi connectivity index (χ4v) is 4.71. The number of nitrogens with zero attached hydrogens (tertiary/aromatic N) is 3. The smallest absolute Gasteiger partial charge is 0.417 e. The Morgan fingerprint density at radius 1 is 1.12 bits per heavy atom. The molecule has 4 aromatic rings. The third kappa shape index (κ3) is 7.43. The second kappa shape index (κ2) is 12.7. The standard InChI is InChI=1S/C29H30F2N4O4Si/c1-40(2,3)15-14-37-19-35-18-20(8-7-12-32)26-25(11-13-33-28(26)35)39-27-23(30)16-21(17-24(27)31)34-29(36)38-22-9-5-4-6-10-22/h4-6,9-11,13,16-18H,7-8,14-15,19H2,1-3H3,(H,34,36). The molecule has 0 aliphatic carbocycles. The first-order valence-corrected chi connectivity index (χ1v) is 16.5. The first kappa shape index (κ1) is 28.7. The van der Waals surface area contributed by atoms with Gasteiger partial charge >= 0.3 is 6.09 Å². The van der Waals surface area contributed by atoms with Gasteiger partial charge in [0.25, 0.3) is 0 Å². The van der Waals surface area contributed by atoms with Crippen LogP contribution in [-0.4, -0.2) is 30.3 Å². The van der Waals surface area contributed by atoms with Gasteiger partial charge in [0.1, 0.15) is 23.9 Å². The van der Waals surface area contributed by atoms with Crippen molar-refractivity contribution in [3.8, 4) is 23.3 Å². The van der Waals surface area contributed by atoms with Crippen LogP contribution in [-0.2, 0) is 17.9 Å². The summed E-state index contributed by atoms with van der Waals surface area (Å²) in [6.07, 6.45) is 3.05. The lowest BCUT2D eigenvalue weighted by Crippen LogP contribution is -2.22. The molecule has 208 valence electrons. The van der Waals surface area contributed by atoms with Gasteiger partial charge < -0.3 is 18.8 Å². The quantitative estimate of drug-likeness (QED) is 0.150. The van der Waals surface area contributed by atoms with Crippen LogP contribution in [0.4, 0.5) is 19.3 Å². The molecule has 4 rings (SSSR count). The number of hydrogen-bond acceptors (Lipinski definition) is 6. The van der Waals surface area contributed by atoms with Gasteiger partial charge in [-0.05, 0) is 36.2 Å². The zero-order valence-electron chi connectivity index (χ0n) is 22.5. The average Bonchev–Trinajstić information content (AvgIpc) is 3.25. The van der Waals surface area contributed by atoms with Crippen LogP contribution in [0.3, 0.4) is 0 Å². The summed E-state index contributed by atoms with van der Waals surface area (Å²) in [4.78, 5) is 16.6. The number of ether oxygens (including phenoxy) is 3. The van der Waals surface area contributed by atoms with Gasteiger partial charge in [-0.1, -0.05) is 37.8 Å². The lowest BCUT2D eigenvalue weighted by molar-refractivity contribution is 0.0898. The van der Waals surface area contributed by atoms with Crippen LogP contribution in [0, 0.1) is 23.0 Å². The van der Waals surface area contributed by atoms with E-state index in [1.54, 1.807) is 34.9 Å². The normalized spacial score (nSPS) is 11.3. The SMILES string of the molecule is C[Si](C)(C)CCOCn1cc(CCC#N)c2c(Oc3c(F)cc(NC(=O)Oc4ccccc4)cc3F)ccnc21. The molecule has 0 unspecified atom stereocenters. The van der Waals surface area contributed by atoms with Gasteiger partial charge in [0.15, 0.2) is 17.4 Å².